The number of aliphatic hydroxyl groups is 1. The molecule has 0 aliphatic carbocycles. The summed E-state index contributed by atoms with van der Waals surface area (Å²) in [5, 5.41) is 9.96. The largest absolute Gasteiger partial charge is 1.00 e. The first-order valence-electron chi connectivity index (χ1n) is 10.6. The van der Waals surface area contributed by atoms with E-state index in [2.05, 4.69) is 6.92 Å². The minimum absolute atomic E-state index is 0. The molecule has 0 spiro atoms. The Labute approximate surface area is 205 Å². The summed E-state index contributed by atoms with van der Waals surface area (Å²) in [6.07, 6.45) is 19.0. The summed E-state index contributed by atoms with van der Waals surface area (Å²) in [4.78, 5) is 0. The summed E-state index contributed by atoms with van der Waals surface area (Å²) >= 11 is 0. The van der Waals surface area contributed by atoms with Crippen LogP contribution in [0.1, 0.15) is 116 Å². The molecular weight excluding hydrogens is 375 g/mol. The smallest absolute Gasteiger partial charge is 0.748 e. The van der Waals surface area contributed by atoms with Crippen LogP contribution in [0.5, 0.6) is 0 Å². The second-order valence-electron chi connectivity index (χ2n) is 7.44. The first-order valence-corrected chi connectivity index (χ1v) is 12.1. The molecule has 0 aromatic rings. The first-order chi connectivity index (χ1) is 12.0. The first kappa shape index (κ1) is 29.7. The molecule has 0 aromatic heterocycles. The van der Waals surface area contributed by atoms with Gasteiger partial charge in [0.1, 0.15) is 0 Å². The average Bonchev–Trinajstić information content (AvgIpc) is 2.54. The molecule has 0 saturated heterocycles. The van der Waals surface area contributed by atoms with Crippen molar-refractivity contribution >= 4 is 10.1 Å². The summed E-state index contributed by atoms with van der Waals surface area (Å²) in [6.45, 7) is 2.25. The quantitative estimate of drug-likeness (QED) is 0.199. The van der Waals surface area contributed by atoms with E-state index < -0.39 is 10.1 Å². The van der Waals surface area contributed by atoms with Crippen LogP contribution >= 0.6 is 0 Å². The SMILES string of the molecule is CCCCCCCCCCCCC(O)CCCCCCCS(=O)(=O)[O-].[K+]. The molecule has 1 atom stereocenters. The van der Waals surface area contributed by atoms with Crippen molar-refractivity contribution in [3.8, 4) is 0 Å². The van der Waals surface area contributed by atoms with Gasteiger partial charge in [-0.3, -0.25) is 0 Å². The van der Waals surface area contributed by atoms with E-state index in [0.29, 0.717) is 6.42 Å². The molecule has 0 fully saturated rings. The van der Waals surface area contributed by atoms with Crippen LogP contribution in [0.25, 0.3) is 0 Å². The van der Waals surface area contributed by atoms with Crippen LogP contribution in [0.3, 0.4) is 0 Å². The Morgan fingerprint density at radius 3 is 1.42 bits per heavy atom. The average molecular weight is 417 g/mol. The standard InChI is InChI=1S/C20H42O4S.K/c1-2-3-4-5-6-7-8-9-11-14-17-20(21)18-15-12-10-13-16-19-25(22,23)24;/h20-21H,2-19H2,1H3,(H,22,23,24);/q;+1/p-1. The van der Waals surface area contributed by atoms with Gasteiger partial charge in [-0.2, -0.15) is 0 Å². The minimum atomic E-state index is -4.04. The van der Waals surface area contributed by atoms with Crippen molar-refractivity contribution in [2.24, 2.45) is 0 Å². The Hall–Kier alpha value is 1.51. The Bertz CT molecular complexity index is 374. The summed E-state index contributed by atoms with van der Waals surface area (Å²) in [6, 6.07) is 0. The second-order valence-corrected chi connectivity index (χ2v) is 8.97. The van der Waals surface area contributed by atoms with Gasteiger partial charge in [0.15, 0.2) is 0 Å². The molecule has 0 radical (unpaired) electrons. The number of unbranched alkanes of at least 4 members (excludes halogenated alkanes) is 13. The third-order valence-electron chi connectivity index (χ3n) is 4.82. The molecule has 0 rings (SSSR count). The summed E-state index contributed by atoms with van der Waals surface area (Å²) in [5.74, 6) is -0.242. The van der Waals surface area contributed by atoms with Gasteiger partial charge in [-0.05, 0) is 19.3 Å². The number of aliphatic hydroxyl groups excluding tert-OH is 1. The predicted molar refractivity (Wildman–Crippen MR) is 105 cm³/mol. The fourth-order valence-electron chi connectivity index (χ4n) is 3.20. The van der Waals surface area contributed by atoms with E-state index in [1.165, 1.54) is 57.8 Å². The maximum Gasteiger partial charge on any atom is 1.00 e. The van der Waals surface area contributed by atoms with Crippen LogP contribution in [-0.2, 0) is 10.1 Å². The third-order valence-corrected chi connectivity index (χ3v) is 5.61. The molecule has 1 N–H and O–H groups in total. The van der Waals surface area contributed by atoms with Crippen molar-refractivity contribution in [3.05, 3.63) is 0 Å². The van der Waals surface area contributed by atoms with Gasteiger partial charge in [0, 0.05) is 5.75 Å². The fraction of sp³-hybridized carbons (Fsp3) is 1.00. The van der Waals surface area contributed by atoms with Gasteiger partial charge in [-0.25, -0.2) is 8.42 Å². The van der Waals surface area contributed by atoms with Gasteiger partial charge in [0.25, 0.3) is 0 Å². The Kier molecular flexibility index (Phi) is 24.2. The van der Waals surface area contributed by atoms with Crippen molar-refractivity contribution in [2.75, 3.05) is 5.75 Å². The molecular formula is C20H41KO4S. The Balaban J connectivity index is 0. The Morgan fingerprint density at radius 2 is 1.04 bits per heavy atom. The maximum absolute atomic E-state index is 10.5. The van der Waals surface area contributed by atoms with E-state index >= 15 is 0 Å². The van der Waals surface area contributed by atoms with Crippen LogP contribution in [-0.4, -0.2) is 29.9 Å². The zero-order valence-corrected chi connectivity index (χ0v) is 21.3. The molecule has 0 aromatic carbocycles. The number of hydrogen-bond acceptors (Lipinski definition) is 4. The van der Waals surface area contributed by atoms with Gasteiger partial charge >= 0.3 is 51.4 Å². The minimum Gasteiger partial charge on any atom is -0.748 e. The normalized spacial score (nSPS) is 12.7. The van der Waals surface area contributed by atoms with Crippen LogP contribution in [0.2, 0.25) is 0 Å². The number of hydrogen-bond donors (Lipinski definition) is 1. The molecule has 0 amide bonds. The van der Waals surface area contributed by atoms with Crippen LogP contribution < -0.4 is 51.4 Å². The second kappa shape index (κ2) is 21.2. The molecule has 0 saturated carbocycles. The third kappa shape index (κ3) is 25.5. The van der Waals surface area contributed by atoms with E-state index in [4.69, 9.17) is 0 Å². The van der Waals surface area contributed by atoms with Crippen molar-refractivity contribution in [3.63, 3.8) is 0 Å². The molecule has 152 valence electrons. The van der Waals surface area contributed by atoms with Crippen molar-refractivity contribution < 1.29 is 69.5 Å². The van der Waals surface area contributed by atoms with Crippen LogP contribution in [0, 0.1) is 0 Å². The molecule has 0 aliphatic heterocycles. The van der Waals surface area contributed by atoms with E-state index in [1.54, 1.807) is 0 Å². The van der Waals surface area contributed by atoms with Crippen LogP contribution in [0.15, 0.2) is 0 Å². The van der Waals surface area contributed by atoms with Crippen LogP contribution in [0.4, 0.5) is 0 Å². The van der Waals surface area contributed by atoms with Gasteiger partial charge in [-0.1, -0.05) is 96.8 Å². The zero-order valence-electron chi connectivity index (χ0n) is 17.4. The molecule has 0 aliphatic rings. The summed E-state index contributed by atoms with van der Waals surface area (Å²) in [7, 11) is -4.04. The van der Waals surface area contributed by atoms with Crippen molar-refractivity contribution in [1.82, 2.24) is 0 Å². The van der Waals surface area contributed by atoms with E-state index in [1.807, 2.05) is 0 Å². The molecule has 1 unspecified atom stereocenters. The Morgan fingerprint density at radius 1 is 0.692 bits per heavy atom. The molecule has 0 heterocycles. The number of rotatable bonds is 19. The van der Waals surface area contributed by atoms with E-state index in [9.17, 15) is 18.1 Å². The maximum atomic E-state index is 10.5. The van der Waals surface area contributed by atoms with Gasteiger partial charge in [0.05, 0.1) is 16.2 Å². The van der Waals surface area contributed by atoms with Crippen molar-refractivity contribution in [2.45, 2.75) is 122 Å². The molecule has 6 heteroatoms. The van der Waals surface area contributed by atoms with E-state index in [0.717, 1.165) is 44.9 Å². The zero-order chi connectivity index (χ0) is 18.8. The molecule has 4 nitrogen and oxygen atoms in total. The summed E-state index contributed by atoms with van der Waals surface area (Å²) in [5.41, 5.74) is 0. The molecule has 26 heavy (non-hydrogen) atoms. The van der Waals surface area contributed by atoms with E-state index in [-0.39, 0.29) is 63.2 Å². The topological polar surface area (TPSA) is 77.4 Å². The van der Waals surface area contributed by atoms with Gasteiger partial charge in [0.2, 0.25) is 0 Å². The van der Waals surface area contributed by atoms with Gasteiger partial charge in [-0.15, -0.1) is 0 Å². The van der Waals surface area contributed by atoms with Crippen molar-refractivity contribution in [1.29, 1.82) is 0 Å². The summed E-state index contributed by atoms with van der Waals surface area (Å²) < 4.78 is 31.4. The van der Waals surface area contributed by atoms with Gasteiger partial charge < -0.3 is 9.66 Å². The fourth-order valence-corrected chi connectivity index (χ4v) is 3.76. The predicted octanol–water partition coefficient (Wildman–Crippen LogP) is 2.55. The monoisotopic (exact) mass is 416 g/mol. The molecule has 0 bridgehead atoms.